The highest BCUT2D eigenvalue weighted by atomic mass is 79.9. The second kappa shape index (κ2) is 13.7. The number of hydrogen-bond donors (Lipinski definition) is 0. The molecule has 0 amide bonds. The highest BCUT2D eigenvalue weighted by Crippen LogP contribution is 2.37. The molecule has 186 valence electrons. The number of alkyl halides is 1. The van der Waals surface area contributed by atoms with Crippen LogP contribution in [0.5, 0.6) is 5.75 Å². The largest absolute Gasteiger partial charge is 0.494 e. The molecule has 4 rings (SSSR count). The van der Waals surface area contributed by atoms with E-state index < -0.39 is 0 Å². The molecule has 0 aliphatic carbocycles. The van der Waals surface area contributed by atoms with Gasteiger partial charge in [-0.2, -0.15) is 5.26 Å². The third kappa shape index (κ3) is 7.37. The lowest BCUT2D eigenvalue weighted by Gasteiger charge is -2.37. The summed E-state index contributed by atoms with van der Waals surface area (Å²) in [6.45, 7) is 3.13. The van der Waals surface area contributed by atoms with Gasteiger partial charge in [-0.05, 0) is 103 Å². The van der Waals surface area contributed by atoms with Crippen LogP contribution < -0.4 is 9.64 Å². The molecule has 2 aliphatic heterocycles. The Balaban J connectivity index is 1.28. The first-order valence-electron chi connectivity index (χ1n) is 13.6. The molecular weight excluding hydrogens is 496 g/mol. The Hall–Kier alpha value is -2.25. The van der Waals surface area contributed by atoms with Crippen LogP contribution in [-0.4, -0.2) is 25.0 Å². The van der Waals surface area contributed by atoms with Crippen LogP contribution in [0.3, 0.4) is 0 Å². The van der Waals surface area contributed by atoms with Gasteiger partial charge in [0.15, 0.2) is 0 Å². The Labute approximate surface area is 220 Å². The van der Waals surface area contributed by atoms with Crippen LogP contribution in [0.2, 0.25) is 0 Å². The van der Waals surface area contributed by atoms with E-state index in [-0.39, 0.29) is 0 Å². The zero-order valence-corrected chi connectivity index (χ0v) is 22.6. The van der Waals surface area contributed by atoms with Crippen molar-refractivity contribution in [1.82, 2.24) is 0 Å². The maximum absolute atomic E-state index is 9.87. The first-order valence-corrected chi connectivity index (χ1v) is 14.7. The molecule has 0 bridgehead atoms. The fraction of sp³-hybridized carbons (Fsp3) is 0.516. The Bertz CT molecular complexity index is 990. The molecular formula is C31H39BrN2O. The zero-order chi connectivity index (χ0) is 24.3. The number of benzene rings is 2. The summed E-state index contributed by atoms with van der Waals surface area (Å²) < 4.78 is 5.95. The average molecular weight is 536 g/mol. The Morgan fingerprint density at radius 2 is 1.49 bits per heavy atom. The van der Waals surface area contributed by atoms with Gasteiger partial charge < -0.3 is 9.64 Å². The van der Waals surface area contributed by atoms with Gasteiger partial charge in [0.1, 0.15) is 5.75 Å². The highest BCUT2D eigenvalue weighted by molar-refractivity contribution is 9.09. The summed E-state index contributed by atoms with van der Waals surface area (Å²) in [6, 6.07) is 15.1. The van der Waals surface area contributed by atoms with Gasteiger partial charge in [-0.15, -0.1) is 0 Å². The molecule has 0 fully saturated rings. The van der Waals surface area contributed by atoms with Crippen molar-refractivity contribution in [3.8, 4) is 11.8 Å². The number of anilines is 1. The Morgan fingerprint density at radius 3 is 2.09 bits per heavy atom. The predicted molar refractivity (Wildman–Crippen MR) is 151 cm³/mol. The van der Waals surface area contributed by atoms with Crippen LogP contribution in [0.15, 0.2) is 36.4 Å². The Morgan fingerprint density at radius 1 is 0.886 bits per heavy atom. The summed E-state index contributed by atoms with van der Waals surface area (Å²) in [5, 5.41) is 11.0. The summed E-state index contributed by atoms with van der Waals surface area (Å²) in [5.41, 5.74) is 7.20. The minimum absolute atomic E-state index is 0.711. The number of nitrogens with zero attached hydrogens (tertiary/aromatic N) is 2. The van der Waals surface area contributed by atoms with E-state index >= 15 is 0 Å². The maximum atomic E-state index is 9.87. The molecule has 2 aromatic carbocycles. The van der Waals surface area contributed by atoms with Crippen molar-refractivity contribution in [3.63, 3.8) is 0 Å². The molecule has 0 aromatic heterocycles. The van der Waals surface area contributed by atoms with Gasteiger partial charge in [0.25, 0.3) is 0 Å². The van der Waals surface area contributed by atoms with Crippen molar-refractivity contribution >= 4 is 33.3 Å². The van der Waals surface area contributed by atoms with E-state index in [9.17, 15) is 5.26 Å². The molecule has 0 N–H and O–H groups in total. The van der Waals surface area contributed by atoms with Crippen LogP contribution in [0.1, 0.15) is 86.5 Å². The van der Waals surface area contributed by atoms with Crippen LogP contribution >= 0.6 is 15.9 Å². The van der Waals surface area contributed by atoms with Crippen LogP contribution in [-0.2, 0) is 12.8 Å². The number of aryl methyl sites for hydroxylation is 2. The minimum atomic E-state index is 0.711. The third-order valence-electron chi connectivity index (χ3n) is 7.25. The molecule has 0 saturated carbocycles. The van der Waals surface area contributed by atoms with Crippen molar-refractivity contribution in [2.24, 2.45) is 0 Å². The number of rotatable bonds is 13. The second-order valence-electron chi connectivity index (χ2n) is 9.94. The fourth-order valence-electron chi connectivity index (χ4n) is 5.44. The quantitative estimate of drug-likeness (QED) is 0.112. The van der Waals surface area contributed by atoms with Gasteiger partial charge in [0, 0.05) is 24.1 Å². The smallest absolute Gasteiger partial charge is 0.119 e. The van der Waals surface area contributed by atoms with Crippen molar-refractivity contribution in [2.75, 3.05) is 29.9 Å². The van der Waals surface area contributed by atoms with Crippen molar-refractivity contribution in [2.45, 2.75) is 77.0 Å². The van der Waals surface area contributed by atoms with E-state index in [2.05, 4.69) is 45.1 Å². The zero-order valence-electron chi connectivity index (χ0n) is 21.0. The van der Waals surface area contributed by atoms with Gasteiger partial charge in [-0.1, -0.05) is 54.5 Å². The molecule has 4 heteroatoms. The number of hydrogen-bond acceptors (Lipinski definition) is 3. The van der Waals surface area contributed by atoms with Crippen molar-refractivity contribution < 1.29 is 4.74 Å². The third-order valence-corrected chi connectivity index (χ3v) is 7.81. The van der Waals surface area contributed by atoms with Crippen LogP contribution in [0.4, 0.5) is 5.69 Å². The summed E-state index contributed by atoms with van der Waals surface area (Å²) >= 11 is 3.49. The molecule has 2 aliphatic rings. The second-order valence-corrected chi connectivity index (χ2v) is 10.7. The first kappa shape index (κ1) is 25.8. The standard InChI is InChI=1S/C31H39BrN2O/c32-17-7-5-3-1-2-4-6-8-20-35-30-15-13-26(14-16-30)29(24-33)23-25-21-27-11-9-18-34-19-10-12-28(22-25)31(27)34/h13-16,21-23H,1-12,17-20H2/b29-23-. The van der Waals surface area contributed by atoms with E-state index in [4.69, 9.17) is 4.74 Å². The monoisotopic (exact) mass is 534 g/mol. The highest BCUT2D eigenvalue weighted by Gasteiger charge is 2.24. The van der Waals surface area contributed by atoms with E-state index in [1.54, 1.807) is 0 Å². The molecule has 2 aromatic rings. The maximum Gasteiger partial charge on any atom is 0.119 e. The predicted octanol–water partition coefficient (Wildman–Crippen LogP) is 8.34. The van der Waals surface area contributed by atoms with E-state index in [0.29, 0.717) is 5.57 Å². The number of allylic oxidation sites excluding steroid dienone is 1. The normalized spacial score (nSPS) is 15.0. The topological polar surface area (TPSA) is 36.3 Å². The van der Waals surface area contributed by atoms with Gasteiger partial charge in [0.2, 0.25) is 0 Å². The fourth-order valence-corrected chi connectivity index (χ4v) is 5.84. The average Bonchev–Trinajstić information content (AvgIpc) is 2.89. The van der Waals surface area contributed by atoms with Gasteiger partial charge in [0.05, 0.1) is 18.2 Å². The molecule has 35 heavy (non-hydrogen) atoms. The molecule has 0 atom stereocenters. The van der Waals surface area contributed by atoms with Gasteiger partial charge >= 0.3 is 0 Å². The molecule has 0 radical (unpaired) electrons. The first-order chi connectivity index (χ1) is 17.3. The lowest BCUT2D eigenvalue weighted by molar-refractivity contribution is 0.304. The van der Waals surface area contributed by atoms with Crippen molar-refractivity contribution in [1.29, 1.82) is 5.26 Å². The SMILES string of the molecule is N#C/C(=C/c1cc2c3c(c1)CCCN3CCC2)c1ccc(OCCCCCCCCCCBr)cc1. The van der Waals surface area contributed by atoms with Crippen molar-refractivity contribution in [3.05, 3.63) is 58.7 Å². The summed E-state index contributed by atoms with van der Waals surface area (Å²) in [4.78, 5) is 2.56. The number of ether oxygens (including phenoxy) is 1. The molecule has 0 saturated heterocycles. The Kier molecular flexibility index (Phi) is 10.1. The lowest BCUT2D eigenvalue weighted by atomic mass is 9.89. The van der Waals surface area contributed by atoms with E-state index in [0.717, 1.165) is 48.1 Å². The van der Waals surface area contributed by atoms with Crippen LogP contribution in [0, 0.1) is 11.3 Å². The van der Waals surface area contributed by atoms with Gasteiger partial charge in [-0.25, -0.2) is 0 Å². The minimum Gasteiger partial charge on any atom is -0.494 e. The number of unbranched alkanes of at least 4 members (excludes halogenated alkanes) is 7. The molecule has 2 heterocycles. The van der Waals surface area contributed by atoms with Crippen LogP contribution in [0.25, 0.3) is 11.6 Å². The number of nitriles is 1. The lowest BCUT2D eigenvalue weighted by Crippen LogP contribution is -2.34. The summed E-state index contributed by atoms with van der Waals surface area (Å²) in [7, 11) is 0. The molecule has 0 unspecified atom stereocenters. The van der Waals surface area contributed by atoms with E-state index in [1.165, 1.54) is 87.7 Å². The summed E-state index contributed by atoms with van der Waals surface area (Å²) in [6.07, 6.45) is 17.1. The number of halogens is 1. The molecule has 0 spiro atoms. The van der Waals surface area contributed by atoms with Gasteiger partial charge in [-0.3, -0.25) is 0 Å². The van der Waals surface area contributed by atoms with E-state index in [1.807, 2.05) is 24.3 Å². The molecule has 3 nitrogen and oxygen atoms in total. The summed E-state index contributed by atoms with van der Waals surface area (Å²) in [5.74, 6) is 0.888.